The Balaban J connectivity index is 1.38. The minimum atomic E-state index is -0.771. The molecule has 2 amide bonds. The molecule has 5 N–H and O–H groups in total. The molecule has 1 atom stereocenters. The Morgan fingerprint density at radius 1 is 1.02 bits per heavy atom. The third-order valence-corrected chi connectivity index (χ3v) is 8.94. The van der Waals surface area contributed by atoms with Gasteiger partial charge < -0.3 is 31.2 Å². The van der Waals surface area contributed by atoms with Crippen LogP contribution >= 0.6 is 11.6 Å². The summed E-state index contributed by atoms with van der Waals surface area (Å²) in [7, 11) is 0. The first-order chi connectivity index (χ1) is 21.2. The van der Waals surface area contributed by atoms with Crippen molar-refractivity contribution in [3.05, 3.63) is 88.2 Å². The lowest BCUT2D eigenvalue weighted by Crippen LogP contribution is -2.54. The third kappa shape index (κ3) is 7.58. The number of rotatable bonds is 12. The molecule has 1 unspecified atom stereocenters. The number of carbonyl (C=O) groups excluding carboxylic acids is 2. The molecule has 44 heavy (non-hydrogen) atoms. The van der Waals surface area contributed by atoms with Crippen molar-refractivity contribution in [3.8, 4) is 16.9 Å². The molecule has 0 spiro atoms. The van der Waals surface area contributed by atoms with Crippen LogP contribution in [0.2, 0.25) is 5.02 Å². The van der Waals surface area contributed by atoms with Gasteiger partial charge in [0.2, 0.25) is 11.8 Å². The average molecular weight is 623 g/mol. The molecule has 1 aliphatic heterocycles. The Hall–Kier alpha value is -3.50. The number of hydrogen-bond donors (Lipinski definition) is 3. The van der Waals surface area contributed by atoms with Crippen molar-refractivity contribution in [3.63, 3.8) is 0 Å². The second-order valence-corrected chi connectivity index (χ2v) is 12.1. The fourth-order valence-corrected chi connectivity index (χ4v) is 6.19. The Morgan fingerprint density at radius 2 is 1.75 bits per heavy atom. The zero-order valence-corrected chi connectivity index (χ0v) is 25.7. The highest BCUT2D eigenvalue weighted by molar-refractivity contribution is 6.33. The van der Waals surface area contributed by atoms with Gasteiger partial charge in [-0.2, -0.15) is 0 Å². The first kappa shape index (κ1) is 31.9. The number of ether oxygens (including phenoxy) is 2. The minimum Gasteiger partial charge on any atom is -0.488 e. The summed E-state index contributed by atoms with van der Waals surface area (Å²) in [6.45, 7) is 3.56. The molecule has 1 aliphatic carbocycles. The van der Waals surface area contributed by atoms with Gasteiger partial charge in [-0.25, -0.2) is 4.39 Å². The van der Waals surface area contributed by atoms with E-state index < -0.39 is 11.7 Å². The number of primary amides is 1. The van der Waals surface area contributed by atoms with Crippen molar-refractivity contribution in [1.29, 1.82) is 0 Å². The third-order valence-electron chi connectivity index (χ3n) is 8.61. The molecule has 3 aromatic rings. The lowest BCUT2D eigenvalue weighted by molar-refractivity contribution is -0.143. The molecule has 8 nitrogen and oxygen atoms in total. The maximum Gasteiger partial charge on any atom is 0.249 e. The molecule has 0 radical (unpaired) electrons. The van der Waals surface area contributed by atoms with Crippen LogP contribution in [-0.4, -0.2) is 67.7 Å². The molecular weight excluding hydrogens is 583 g/mol. The van der Waals surface area contributed by atoms with Gasteiger partial charge in [0.05, 0.1) is 18.3 Å². The summed E-state index contributed by atoms with van der Waals surface area (Å²) in [6.07, 6.45) is 3.98. The molecule has 234 valence electrons. The van der Waals surface area contributed by atoms with E-state index in [9.17, 15) is 9.59 Å². The SMILES string of the molecule is CC(=O)N1CC(OCCOc2ccc(C(N)=O)c(-c3cc(C(CNC4CCC(N)CC4)c4ccccc4)ccc3Cl)c2F)C1. The largest absolute Gasteiger partial charge is 0.488 e. The van der Waals surface area contributed by atoms with Crippen LogP contribution in [0.5, 0.6) is 5.75 Å². The summed E-state index contributed by atoms with van der Waals surface area (Å²) in [5.74, 6) is -1.57. The van der Waals surface area contributed by atoms with Crippen LogP contribution in [-0.2, 0) is 9.53 Å². The zero-order valence-electron chi connectivity index (χ0n) is 24.9. The van der Waals surface area contributed by atoms with Crippen LogP contribution in [0.15, 0.2) is 60.7 Å². The number of amides is 2. The van der Waals surface area contributed by atoms with Gasteiger partial charge in [0.1, 0.15) is 6.61 Å². The Morgan fingerprint density at radius 3 is 2.43 bits per heavy atom. The summed E-state index contributed by atoms with van der Waals surface area (Å²) in [6, 6.07) is 19.1. The molecule has 0 bridgehead atoms. The fraction of sp³-hybridized carbons (Fsp3) is 0.412. The van der Waals surface area contributed by atoms with Crippen molar-refractivity contribution in [2.75, 3.05) is 32.8 Å². The van der Waals surface area contributed by atoms with Gasteiger partial charge in [-0.3, -0.25) is 9.59 Å². The van der Waals surface area contributed by atoms with Gasteiger partial charge in [-0.1, -0.05) is 48.0 Å². The van der Waals surface area contributed by atoms with E-state index in [1.165, 1.54) is 19.1 Å². The van der Waals surface area contributed by atoms with E-state index in [1.54, 1.807) is 11.0 Å². The molecule has 0 aromatic heterocycles. The van der Waals surface area contributed by atoms with Crippen molar-refractivity contribution in [1.82, 2.24) is 10.2 Å². The van der Waals surface area contributed by atoms with Crippen LogP contribution in [0.4, 0.5) is 4.39 Å². The average Bonchev–Trinajstić information content (AvgIpc) is 2.98. The molecule has 2 aliphatic rings. The standard InChI is InChI=1S/C34H40ClFN4O4/c1-21(41)40-19-26(20-40)43-15-16-44-31-14-12-27(34(38)42)32(33(31)36)28-17-23(7-13-30(28)35)29(22-5-3-2-4-6-22)18-39-25-10-8-24(37)9-11-25/h2-7,12-14,17,24-26,29,39H,8-11,15-16,18-20,37H2,1H3,(H2,38,42). The smallest absolute Gasteiger partial charge is 0.249 e. The predicted molar refractivity (Wildman–Crippen MR) is 169 cm³/mol. The Kier molecular flexibility index (Phi) is 10.5. The number of nitrogens with two attached hydrogens (primary N) is 2. The van der Waals surface area contributed by atoms with Crippen molar-refractivity contribution in [2.45, 2.75) is 56.7 Å². The summed E-state index contributed by atoms with van der Waals surface area (Å²) in [4.78, 5) is 25.5. The van der Waals surface area contributed by atoms with Gasteiger partial charge in [-0.05, 0) is 61.1 Å². The summed E-state index contributed by atoms with van der Waals surface area (Å²) in [5.41, 5.74) is 14.2. The number of nitrogens with zero attached hydrogens (tertiary/aromatic N) is 1. The molecule has 2 fully saturated rings. The Labute approximate surface area is 262 Å². The molecule has 5 rings (SSSR count). The normalized spacial score (nSPS) is 19.3. The molecule has 3 aromatic carbocycles. The maximum atomic E-state index is 16.1. The van der Waals surface area contributed by atoms with Gasteiger partial charge in [0, 0.05) is 60.7 Å². The van der Waals surface area contributed by atoms with E-state index in [-0.39, 0.29) is 59.1 Å². The molecule has 1 saturated heterocycles. The summed E-state index contributed by atoms with van der Waals surface area (Å²) in [5, 5.41) is 4.02. The fourth-order valence-electron chi connectivity index (χ4n) is 5.98. The lowest BCUT2D eigenvalue weighted by atomic mass is 9.87. The highest BCUT2D eigenvalue weighted by Gasteiger charge is 2.29. The Bertz CT molecular complexity index is 1460. The highest BCUT2D eigenvalue weighted by atomic mass is 35.5. The van der Waals surface area contributed by atoms with E-state index in [0.29, 0.717) is 31.2 Å². The number of likely N-dealkylation sites (tertiary alicyclic amines) is 1. The van der Waals surface area contributed by atoms with E-state index in [1.807, 2.05) is 30.3 Å². The van der Waals surface area contributed by atoms with Crippen LogP contribution < -0.4 is 21.5 Å². The molecule has 10 heteroatoms. The van der Waals surface area contributed by atoms with Crippen LogP contribution in [0, 0.1) is 5.82 Å². The van der Waals surface area contributed by atoms with E-state index in [4.69, 9.17) is 32.5 Å². The van der Waals surface area contributed by atoms with Crippen LogP contribution in [0.25, 0.3) is 11.1 Å². The maximum absolute atomic E-state index is 16.1. The molecular formula is C34H40ClFN4O4. The van der Waals surface area contributed by atoms with Crippen LogP contribution in [0.1, 0.15) is 60.0 Å². The first-order valence-corrected chi connectivity index (χ1v) is 15.5. The topological polar surface area (TPSA) is 120 Å². The van der Waals surface area contributed by atoms with Gasteiger partial charge in [0.25, 0.3) is 0 Å². The van der Waals surface area contributed by atoms with Gasteiger partial charge >= 0.3 is 0 Å². The molecule has 1 heterocycles. The number of nitrogens with one attached hydrogen (secondary N) is 1. The summed E-state index contributed by atoms with van der Waals surface area (Å²) < 4.78 is 27.6. The molecule has 1 saturated carbocycles. The quantitative estimate of drug-likeness (QED) is 0.248. The minimum absolute atomic E-state index is 0.0000923. The second-order valence-electron chi connectivity index (χ2n) is 11.7. The van der Waals surface area contributed by atoms with E-state index >= 15 is 4.39 Å². The number of carbonyl (C=O) groups is 2. The van der Waals surface area contributed by atoms with E-state index in [0.717, 1.165) is 36.8 Å². The second kappa shape index (κ2) is 14.5. The lowest BCUT2D eigenvalue weighted by Gasteiger charge is -2.38. The highest BCUT2D eigenvalue weighted by Crippen LogP contribution is 2.39. The predicted octanol–water partition coefficient (Wildman–Crippen LogP) is 4.86. The van der Waals surface area contributed by atoms with Gasteiger partial charge in [0.15, 0.2) is 11.6 Å². The first-order valence-electron chi connectivity index (χ1n) is 15.2. The van der Waals surface area contributed by atoms with Crippen LogP contribution in [0.3, 0.4) is 0 Å². The number of hydrogen-bond acceptors (Lipinski definition) is 6. The van der Waals surface area contributed by atoms with Crippen molar-refractivity contribution >= 4 is 23.4 Å². The van der Waals surface area contributed by atoms with Crippen molar-refractivity contribution < 1.29 is 23.5 Å². The van der Waals surface area contributed by atoms with Gasteiger partial charge in [-0.15, -0.1) is 0 Å². The summed E-state index contributed by atoms with van der Waals surface area (Å²) >= 11 is 6.68. The zero-order chi connectivity index (χ0) is 31.2. The number of benzene rings is 3. The van der Waals surface area contributed by atoms with Crippen molar-refractivity contribution in [2.24, 2.45) is 11.5 Å². The number of halogens is 2. The monoisotopic (exact) mass is 622 g/mol. The van der Waals surface area contributed by atoms with E-state index in [2.05, 4.69) is 17.4 Å².